The molecule has 1 aliphatic heterocycles. The van der Waals surface area contributed by atoms with Crippen molar-refractivity contribution in [1.82, 2.24) is 4.90 Å². The number of β-amino-alcohol motifs (C(OH)–C–C–N with tert-alkyl or cyclic N) is 1. The van der Waals surface area contributed by atoms with Gasteiger partial charge in [-0.05, 0) is 13.2 Å². The van der Waals surface area contributed by atoms with Crippen LogP contribution in [0.1, 0.15) is 6.92 Å². The molecule has 0 spiro atoms. The molecule has 13 heavy (non-hydrogen) atoms. The lowest BCUT2D eigenvalue weighted by Gasteiger charge is -2.33. The van der Waals surface area contributed by atoms with Crippen molar-refractivity contribution in [3.8, 4) is 0 Å². The summed E-state index contributed by atoms with van der Waals surface area (Å²) in [5.41, 5.74) is -0.559. The van der Waals surface area contributed by atoms with Crippen molar-refractivity contribution in [2.45, 2.75) is 12.5 Å². The lowest BCUT2D eigenvalue weighted by molar-refractivity contribution is -0.0117. The minimum atomic E-state index is -0.559. The maximum Gasteiger partial charge on any atom is 0.0835 e. The van der Waals surface area contributed by atoms with Gasteiger partial charge in [-0.15, -0.1) is 0 Å². The molecule has 0 radical (unpaired) electrons. The average molecular weight is 205 g/mol. The standard InChI is InChI=1S/C9H19NO2S/c1-9(11,8-13-2)7-10-3-5-12-6-4-10/h11H,3-8H2,1-2H3. The van der Waals surface area contributed by atoms with Gasteiger partial charge in [-0.2, -0.15) is 11.8 Å². The summed E-state index contributed by atoms with van der Waals surface area (Å²) in [5, 5.41) is 9.96. The van der Waals surface area contributed by atoms with Crippen LogP contribution >= 0.6 is 11.8 Å². The number of ether oxygens (including phenoxy) is 1. The van der Waals surface area contributed by atoms with Gasteiger partial charge >= 0.3 is 0 Å². The zero-order valence-corrected chi connectivity index (χ0v) is 9.27. The highest BCUT2D eigenvalue weighted by molar-refractivity contribution is 7.98. The minimum absolute atomic E-state index is 0.559. The third-order valence-electron chi connectivity index (χ3n) is 2.12. The van der Waals surface area contributed by atoms with Gasteiger partial charge < -0.3 is 9.84 Å². The van der Waals surface area contributed by atoms with Gasteiger partial charge in [0.25, 0.3) is 0 Å². The Balaban J connectivity index is 2.28. The molecule has 0 aromatic carbocycles. The van der Waals surface area contributed by atoms with E-state index in [0.717, 1.165) is 38.6 Å². The van der Waals surface area contributed by atoms with Crippen LogP contribution in [0.5, 0.6) is 0 Å². The Morgan fingerprint density at radius 3 is 2.62 bits per heavy atom. The van der Waals surface area contributed by atoms with Crippen LogP contribution < -0.4 is 0 Å². The van der Waals surface area contributed by atoms with E-state index in [9.17, 15) is 5.11 Å². The highest BCUT2D eigenvalue weighted by Crippen LogP contribution is 2.13. The third-order valence-corrected chi connectivity index (χ3v) is 3.03. The second-order valence-electron chi connectivity index (χ2n) is 3.82. The molecular formula is C9H19NO2S. The smallest absolute Gasteiger partial charge is 0.0835 e. The van der Waals surface area contributed by atoms with E-state index < -0.39 is 5.60 Å². The zero-order chi connectivity index (χ0) is 9.73. The fraction of sp³-hybridized carbons (Fsp3) is 1.00. The van der Waals surface area contributed by atoms with E-state index >= 15 is 0 Å². The quantitative estimate of drug-likeness (QED) is 0.721. The van der Waals surface area contributed by atoms with Crippen LogP contribution in [0.2, 0.25) is 0 Å². The third kappa shape index (κ3) is 4.31. The predicted octanol–water partition coefficient (Wildman–Crippen LogP) is 0.433. The van der Waals surface area contributed by atoms with Crippen LogP contribution in [0.15, 0.2) is 0 Å². The first kappa shape index (κ1) is 11.3. The molecular weight excluding hydrogens is 186 g/mol. The lowest BCUT2D eigenvalue weighted by atomic mass is 10.1. The molecule has 78 valence electrons. The summed E-state index contributed by atoms with van der Waals surface area (Å²) < 4.78 is 5.25. The maximum atomic E-state index is 9.96. The summed E-state index contributed by atoms with van der Waals surface area (Å²) >= 11 is 1.69. The van der Waals surface area contributed by atoms with Gasteiger partial charge in [-0.25, -0.2) is 0 Å². The van der Waals surface area contributed by atoms with Gasteiger partial charge in [0.2, 0.25) is 0 Å². The molecule has 1 fully saturated rings. The first-order valence-corrected chi connectivity index (χ1v) is 6.05. The Hall–Kier alpha value is 0.230. The number of thioether (sulfide) groups is 1. The van der Waals surface area contributed by atoms with E-state index in [0.29, 0.717) is 0 Å². The van der Waals surface area contributed by atoms with Crippen LogP contribution in [-0.2, 0) is 4.74 Å². The van der Waals surface area contributed by atoms with E-state index in [1.165, 1.54) is 0 Å². The normalized spacial score (nSPS) is 24.2. The Labute approximate surface area is 84.4 Å². The van der Waals surface area contributed by atoms with E-state index in [4.69, 9.17) is 4.74 Å². The largest absolute Gasteiger partial charge is 0.388 e. The highest BCUT2D eigenvalue weighted by atomic mass is 32.2. The van der Waals surface area contributed by atoms with Crippen LogP contribution in [0.3, 0.4) is 0 Å². The van der Waals surface area contributed by atoms with Crippen molar-refractivity contribution < 1.29 is 9.84 Å². The maximum absolute atomic E-state index is 9.96. The van der Waals surface area contributed by atoms with Gasteiger partial charge in [0, 0.05) is 25.4 Å². The van der Waals surface area contributed by atoms with E-state index in [1.54, 1.807) is 11.8 Å². The molecule has 1 aliphatic rings. The van der Waals surface area contributed by atoms with Crippen molar-refractivity contribution >= 4 is 11.8 Å². The SMILES string of the molecule is CSCC(C)(O)CN1CCOCC1. The summed E-state index contributed by atoms with van der Waals surface area (Å²) in [4.78, 5) is 2.26. The van der Waals surface area contributed by atoms with E-state index in [1.807, 2.05) is 13.2 Å². The average Bonchev–Trinajstić information content (AvgIpc) is 2.04. The molecule has 0 amide bonds. The second-order valence-corrected chi connectivity index (χ2v) is 4.68. The summed E-state index contributed by atoms with van der Waals surface area (Å²) in [7, 11) is 0. The zero-order valence-electron chi connectivity index (χ0n) is 8.45. The Bertz CT molecular complexity index is 147. The topological polar surface area (TPSA) is 32.7 Å². The van der Waals surface area contributed by atoms with Gasteiger partial charge in [0.05, 0.1) is 18.8 Å². The fourth-order valence-corrected chi connectivity index (χ4v) is 2.31. The van der Waals surface area contributed by atoms with Crippen LogP contribution in [0.4, 0.5) is 0 Å². The summed E-state index contributed by atoms with van der Waals surface area (Å²) in [5.74, 6) is 0.796. The number of nitrogens with zero attached hydrogens (tertiary/aromatic N) is 1. The van der Waals surface area contributed by atoms with Crippen molar-refractivity contribution in [3.63, 3.8) is 0 Å². The molecule has 1 N–H and O–H groups in total. The van der Waals surface area contributed by atoms with Crippen molar-refractivity contribution in [3.05, 3.63) is 0 Å². The summed E-state index contributed by atoms with van der Waals surface area (Å²) in [6.07, 6.45) is 2.02. The monoisotopic (exact) mass is 205 g/mol. The van der Waals surface area contributed by atoms with Gasteiger partial charge in [-0.3, -0.25) is 4.90 Å². The molecule has 0 saturated carbocycles. The first-order chi connectivity index (χ1) is 6.14. The molecule has 1 rings (SSSR count). The summed E-state index contributed by atoms with van der Waals surface area (Å²) in [6, 6.07) is 0. The molecule has 1 saturated heterocycles. The molecule has 0 aliphatic carbocycles. The van der Waals surface area contributed by atoms with E-state index in [-0.39, 0.29) is 0 Å². The van der Waals surface area contributed by atoms with Crippen LogP contribution in [-0.4, -0.2) is 60.5 Å². The summed E-state index contributed by atoms with van der Waals surface area (Å²) in [6.45, 7) is 6.16. The Kier molecular flexibility index (Phi) is 4.52. The fourth-order valence-electron chi connectivity index (χ4n) is 1.60. The van der Waals surface area contributed by atoms with Crippen LogP contribution in [0.25, 0.3) is 0 Å². The molecule has 1 unspecified atom stereocenters. The number of morpholine rings is 1. The molecule has 0 aromatic heterocycles. The van der Waals surface area contributed by atoms with Gasteiger partial charge in [-0.1, -0.05) is 0 Å². The van der Waals surface area contributed by atoms with Crippen molar-refractivity contribution in [1.29, 1.82) is 0 Å². The predicted molar refractivity (Wildman–Crippen MR) is 56.3 cm³/mol. The molecule has 0 bridgehead atoms. The highest BCUT2D eigenvalue weighted by Gasteiger charge is 2.24. The lowest BCUT2D eigenvalue weighted by Crippen LogP contribution is -2.47. The van der Waals surface area contributed by atoms with E-state index in [2.05, 4.69) is 4.90 Å². The van der Waals surface area contributed by atoms with Crippen molar-refractivity contribution in [2.24, 2.45) is 0 Å². The van der Waals surface area contributed by atoms with Gasteiger partial charge in [0.15, 0.2) is 0 Å². The molecule has 3 nitrogen and oxygen atoms in total. The van der Waals surface area contributed by atoms with Crippen LogP contribution in [0, 0.1) is 0 Å². The minimum Gasteiger partial charge on any atom is -0.388 e. The Morgan fingerprint density at radius 2 is 2.08 bits per heavy atom. The second kappa shape index (κ2) is 5.20. The Morgan fingerprint density at radius 1 is 1.46 bits per heavy atom. The molecule has 4 heteroatoms. The molecule has 0 aromatic rings. The number of rotatable bonds is 4. The first-order valence-electron chi connectivity index (χ1n) is 4.65. The molecule has 1 heterocycles. The number of hydrogen-bond donors (Lipinski definition) is 1. The van der Waals surface area contributed by atoms with Crippen molar-refractivity contribution in [2.75, 3.05) is 44.9 Å². The molecule has 1 atom stereocenters. The van der Waals surface area contributed by atoms with Gasteiger partial charge in [0.1, 0.15) is 0 Å². The number of aliphatic hydroxyl groups is 1. The number of hydrogen-bond acceptors (Lipinski definition) is 4.